The number of nitrogens with one attached hydrogen (secondary N) is 1. The number of nitrogens with zero attached hydrogens (tertiary/aromatic N) is 4. The Labute approximate surface area is 147 Å². The number of anilines is 1. The Kier molecular flexibility index (Phi) is 4.88. The van der Waals surface area contributed by atoms with Crippen LogP contribution in [0.2, 0.25) is 0 Å². The molecule has 1 aliphatic rings. The molecule has 1 N–H and O–H groups in total. The molecule has 25 heavy (non-hydrogen) atoms. The molecule has 1 aliphatic heterocycles. The van der Waals surface area contributed by atoms with Gasteiger partial charge in [-0.15, -0.1) is 5.10 Å². The second-order valence-electron chi connectivity index (χ2n) is 6.51. The average Bonchev–Trinajstić information content (AvgIpc) is 3.33. The van der Waals surface area contributed by atoms with Gasteiger partial charge in [-0.05, 0) is 57.5 Å². The zero-order valence-electron chi connectivity index (χ0n) is 14.3. The summed E-state index contributed by atoms with van der Waals surface area (Å²) in [5.41, 5.74) is 1.80. The van der Waals surface area contributed by atoms with Crippen LogP contribution in [0.15, 0.2) is 40.9 Å². The van der Waals surface area contributed by atoms with Crippen molar-refractivity contribution in [2.75, 3.05) is 31.5 Å². The molecule has 1 saturated heterocycles. The lowest BCUT2D eigenvalue weighted by atomic mass is 10.1. The number of hydrogen-bond donors (Lipinski definition) is 1. The molecule has 6 heteroatoms. The lowest BCUT2D eigenvalue weighted by Crippen LogP contribution is -2.20. The van der Waals surface area contributed by atoms with Gasteiger partial charge in [0.2, 0.25) is 0 Å². The minimum atomic E-state index is 0.476. The van der Waals surface area contributed by atoms with E-state index in [2.05, 4.69) is 25.4 Å². The number of pyridine rings is 1. The molecule has 1 fully saturated rings. The number of para-hydroxylation sites is 1. The molecule has 4 rings (SSSR count). The molecule has 0 atom stereocenters. The molecule has 6 nitrogen and oxygen atoms in total. The van der Waals surface area contributed by atoms with Crippen molar-refractivity contribution in [3.8, 4) is 11.5 Å². The molecule has 2 aromatic heterocycles. The largest absolute Gasteiger partial charge is 0.403 e. The van der Waals surface area contributed by atoms with Gasteiger partial charge in [-0.2, -0.15) is 0 Å². The predicted octanol–water partition coefficient (Wildman–Crippen LogP) is 3.57. The highest BCUT2D eigenvalue weighted by atomic mass is 16.4. The highest BCUT2D eigenvalue weighted by molar-refractivity contribution is 5.82. The van der Waals surface area contributed by atoms with E-state index in [9.17, 15) is 0 Å². The molecule has 3 aromatic rings. The molecule has 0 unspecified atom stereocenters. The van der Waals surface area contributed by atoms with Crippen LogP contribution in [-0.2, 0) is 0 Å². The van der Waals surface area contributed by atoms with Crippen molar-refractivity contribution in [3.63, 3.8) is 0 Å². The summed E-state index contributed by atoms with van der Waals surface area (Å²) in [6.45, 7) is 4.57. The normalized spacial score (nSPS) is 15.0. The van der Waals surface area contributed by atoms with Gasteiger partial charge >= 0.3 is 6.01 Å². The molecule has 130 valence electrons. The van der Waals surface area contributed by atoms with Crippen LogP contribution in [0.5, 0.6) is 0 Å². The minimum Gasteiger partial charge on any atom is -0.403 e. The van der Waals surface area contributed by atoms with Gasteiger partial charge < -0.3 is 14.6 Å². The van der Waals surface area contributed by atoms with E-state index in [4.69, 9.17) is 4.42 Å². The van der Waals surface area contributed by atoms with Gasteiger partial charge in [0.05, 0.1) is 11.1 Å². The zero-order valence-corrected chi connectivity index (χ0v) is 14.3. The molecule has 3 heterocycles. The second-order valence-corrected chi connectivity index (χ2v) is 6.51. The number of likely N-dealkylation sites (tertiary alicyclic amines) is 1. The predicted molar refractivity (Wildman–Crippen MR) is 98.4 cm³/mol. The van der Waals surface area contributed by atoms with Crippen LogP contribution in [0.3, 0.4) is 0 Å². The molecule has 0 radical (unpaired) electrons. The summed E-state index contributed by atoms with van der Waals surface area (Å²) in [4.78, 5) is 6.98. The molecule has 0 amide bonds. The summed E-state index contributed by atoms with van der Waals surface area (Å²) >= 11 is 0. The first-order valence-corrected chi connectivity index (χ1v) is 9.03. The van der Waals surface area contributed by atoms with Crippen LogP contribution in [0.25, 0.3) is 22.4 Å². The summed E-state index contributed by atoms with van der Waals surface area (Å²) in [5.74, 6) is 0.498. The molecule has 0 aliphatic carbocycles. The van der Waals surface area contributed by atoms with Gasteiger partial charge in [-0.25, -0.2) is 0 Å². The smallest absolute Gasteiger partial charge is 0.315 e. The summed E-state index contributed by atoms with van der Waals surface area (Å²) in [6.07, 6.45) is 6.78. The molecule has 0 spiro atoms. The summed E-state index contributed by atoms with van der Waals surface area (Å²) < 4.78 is 5.71. The number of hydrogen-bond acceptors (Lipinski definition) is 6. The molecule has 0 saturated carbocycles. The third kappa shape index (κ3) is 3.96. The van der Waals surface area contributed by atoms with Crippen LogP contribution < -0.4 is 5.32 Å². The maximum Gasteiger partial charge on any atom is 0.315 e. The average molecular weight is 337 g/mol. The first kappa shape index (κ1) is 16.0. The highest BCUT2D eigenvalue weighted by Crippen LogP contribution is 2.22. The van der Waals surface area contributed by atoms with Crippen LogP contribution in [-0.4, -0.2) is 46.3 Å². The quantitative estimate of drug-likeness (QED) is 0.665. The fraction of sp³-hybridized carbons (Fsp3) is 0.421. The number of rotatable bonds is 7. The fourth-order valence-corrected chi connectivity index (χ4v) is 3.26. The van der Waals surface area contributed by atoms with Crippen molar-refractivity contribution < 1.29 is 4.42 Å². The topological polar surface area (TPSA) is 67.1 Å². The van der Waals surface area contributed by atoms with Crippen molar-refractivity contribution in [2.45, 2.75) is 25.7 Å². The Balaban J connectivity index is 1.30. The first-order chi connectivity index (χ1) is 12.4. The number of benzene rings is 1. The van der Waals surface area contributed by atoms with E-state index in [1.807, 2.05) is 30.3 Å². The molecule has 1 aromatic carbocycles. The van der Waals surface area contributed by atoms with E-state index in [-0.39, 0.29) is 0 Å². The van der Waals surface area contributed by atoms with E-state index in [0.717, 1.165) is 29.4 Å². The second kappa shape index (κ2) is 7.61. The molecular weight excluding hydrogens is 314 g/mol. The Morgan fingerprint density at radius 1 is 1.08 bits per heavy atom. The minimum absolute atomic E-state index is 0.476. The maximum atomic E-state index is 5.71. The number of fused-ring (bicyclic) bond motifs is 1. The summed E-state index contributed by atoms with van der Waals surface area (Å²) in [7, 11) is 0. The van der Waals surface area contributed by atoms with Gasteiger partial charge in [0, 0.05) is 18.1 Å². The Morgan fingerprint density at radius 2 is 1.96 bits per heavy atom. The van der Waals surface area contributed by atoms with Crippen LogP contribution in [0.1, 0.15) is 25.7 Å². The third-order valence-electron chi connectivity index (χ3n) is 4.64. The molecular formula is C19H23N5O. The van der Waals surface area contributed by atoms with Crippen molar-refractivity contribution in [3.05, 3.63) is 36.5 Å². The third-order valence-corrected chi connectivity index (χ3v) is 4.64. The number of aromatic nitrogens is 3. The Hall–Kier alpha value is -2.47. The fourth-order valence-electron chi connectivity index (χ4n) is 3.26. The number of unbranched alkanes of at least 4 members (excludes halogenated alkanes) is 1. The van der Waals surface area contributed by atoms with Gasteiger partial charge in [0.1, 0.15) is 0 Å². The van der Waals surface area contributed by atoms with E-state index in [1.54, 1.807) is 6.20 Å². The van der Waals surface area contributed by atoms with Crippen LogP contribution >= 0.6 is 0 Å². The van der Waals surface area contributed by atoms with Crippen molar-refractivity contribution in [1.29, 1.82) is 0 Å². The van der Waals surface area contributed by atoms with E-state index in [0.29, 0.717) is 11.9 Å². The lowest BCUT2D eigenvalue weighted by Gasteiger charge is -2.13. The standard InChI is InChI=1S/C19H23N5O/c1-2-8-17-15(7-1)13-16(14-21-17)18-22-23-19(25-18)20-9-3-4-10-24-11-5-6-12-24/h1-2,7-8,13-14H,3-6,9-12H2,(H,20,23). The maximum absolute atomic E-state index is 5.71. The van der Waals surface area contributed by atoms with Gasteiger partial charge in [0.25, 0.3) is 5.89 Å². The van der Waals surface area contributed by atoms with Crippen molar-refractivity contribution in [2.24, 2.45) is 0 Å². The van der Waals surface area contributed by atoms with E-state index < -0.39 is 0 Å². The zero-order chi connectivity index (χ0) is 16.9. The van der Waals surface area contributed by atoms with E-state index >= 15 is 0 Å². The van der Waals surface area contributed by atoms with Gasteiger partial charge in [-0.1, -0.05) is 23.3 Å². The SMILES string of the molecule is c1ccc2ncc(-c3nnc(NCCCCN4CCCC4)o3)cc2c1. The Bertz CT molecular complexity index is 825. The summed E-state index contributed by atoms with van der Waals surface area (Å²) in [6, 6.07) is 10.5. The van der Waals surface area contributed by atoms with Gasteiger partial charge in [-0.3, -0.25) is 4.98 Å². The lowest BCUT2D eigenvalue weighted by molar-refractivity contribution is 0.331. The molecule has 0 bridgehead atoms. The first-order valence-electron chi connectivity index (χ1n) is 9.03. The van der Waals surface area contributed by atoms with Crippen molar-refractivity contribution >= 4 is 16.9 Å². The van der Waals surface area contributed by atoms with Crippen LogP contribution in [0, 0.1) is 0 Å². The monoisotopic (exact) mass is 337 g/mol. The summed E-state index contributed by atoms with van der Waals surface area (Å²) in [5, 5.41) is 12.5. The van der Waals surface area contributed by atoms with E-state index in [1.165, 1.54) is 38.9 Å². The van der Waals surface area contributed by atoms with Crippen LogP contribution in [0.4, 0.5) is 6.01 Å². The Morgan fingerprint density at radius 3 is 2.88 bits per heavy atom. The highest BCUT2D eigenvalue weighted by Gasteiger charge is 2.11. The van der Waals surface area contributed by atoms with Crippen molar-refractivity contribution in [1.82, 2.24) is 20.1 Å². The van der Waals surface area contributed by atoms with Gasteiger partial charge in [0.15, 0.2) is 0 Å².